The highest BCUT2D eigenvalue weighted by Gasteiger charge is 2.28. The fraction of sp³-hybridized carbons (Fsp3) is 0.462. The lowest BCUT2D eigenvalue weighted by Crippen LogP contribution is -2.31. The SMILES string of the molecule is Cc1ccncc1C(NN)c1snnc1C(C)(C)C. The minimum absolute atomic E-state index is 0.0620. The molecule has 2 aromatic heterocycles. The van der Waals surface area contributed by atoms with Crippen LogP contribution in [-0.2, 0) is 5.41 Å². The number of aryl methyl sites for hydroxylation is 1. The first-order chi connectivity index (χ1) is 8.95. The van der Waals surface area contributed by atoms with E-state index in [-0.39, 0.29) is 11.5 Å². The van der Waals surface area contributed by atoms with Gasteiger partial charge in [0.2, 0.25) is 0 Å². The zero-order valence-electron chi connectivity index (χ0n) is 11.6. The highest BCUT2D eigenvalue weighted by atomic mass is 32.1. The summed E-state index contributed by atoms with van der Waals surface area (Å²) in [5.74, 6) is 5.75. The quantitative estimate of drug-likeness (QED) is 0.663. The van der Waals surface area contributed by atoms with Gasteiger partial charge in [0.05, 0.1) is 16.6 Å². The van der Waals surface area contributed by atoms with Gasteiger partial charge in [-0.25, -0.2) is 5.43 Å². The molecule has 19 heavy (non-hydrogen) atoms. The Labute approximate surface area is 117 Å². The Morgan fingerprint density at radius 3 is 2.68 bits per heavy atom. The van der Waals surface area contributed by atoms with Gasteiger partial charge < -0.3 is 0 Å². The van der Waals surface area contributed by atoms with Crippen LogP contribution < -0.4 is 11.3 Å². The molecule has 0 aliphatic heterocycles. The summed E-state index contributed by atoms with van der Waals surface area (Å²) in [6, 6.07) is 1.85. The average Bonchev–Trinajstić information content (AvgIpc) is 2.81. The zero-order chi connectivity index (χ0) is 14.0. The van der Waals surface area contributed by atoms with Crippen molar-refractivity contribution in [3.05, 3.63) is 40.2 Å². The summed E-state index contributed by atoms with van der Waals surface area (Å²) in [4.78, 5) is 5.23. The fourth-order valence-electron chi connectivity index (χ4n) is 1.99. The molecular weight excluding hydrogens is 258 g/mol. The minimum atomic E-state index is -0.122. The molecule has 0 spiro atoms. The van der Waals surface area contributed by atoms with E-state index in [0.29, 0.717) is 0 Å². The van der Waals surface area contributed by atoms with E-state index in [2.05, 4.69) is 40.8 Å². The van der Waals surface area contributed by atoms with E-state index in [1.54, 1.807) is 6.20 Å². The number of hydrogen-bond acceptors (Lipinski definition) is 6. The molecule has 0 aliphatic carbocycles. The van der Waals surface area contributed by atoms with E-state index in [1.165, 1.54) is 11.5 Å². The highest BCUT2D eigenvalue weighted by Crippen LogP contribution is 2.33. The predicted molar refractivity (Wildman–Crippen MR) is 76.7 cm³/mol. The Hall–Kier alpha value is -1.37. The number of hydrogen-bond donors (Lipinski definition) is 2. The molecule has 0 aromatic carbocycles. The van der Waals surface area contributed by atoms with Crippen molar-refractivity contribution in [1.29, 1.82) is 0 Å². The third kappa shape index (κ3) is 2.80. The molecule has 1 unspecified atom stereocenters. The van der Waals surface area contributed by atoms with Gasteiger partial charge in [0.1, 0.15) is 0 Å². The van der Waals surface area contributed by atoms with Crippen LogP contribution in [0.15, 0.2) is 18.5 Å². The normalized spacial score (nSPS) is 13.5. The van der Waals surface area contributed by atoms with E-state index in [4.69, 9.17) is 5.84 Å². The fourth-order valence-corrected chi connectivity index (χ4v) is 2.94. The maximum atomic E-state index is 5.75. The number of nitrogens with zero attached hydrogens (tertiary/aromatic N) is 3. The highest BCUT2D eigenvalue weighted by molar-refractivity contribution is 7.05. The van der Waals surface area contributed by atoms with Crippen LogP contribution >= 0.6 is 11.5 Å². The second-order valence-corrected chi connectivity index (χ2v) is 6.35. The molecule has 5 nitrogen and oxygen atoms in total. The number of nitrogens with one attached hydrogen (secondary N) is 1. The van der Waals surface area contributed by atoms with Gasteiger partial charge in [-0.2, -0.15) is 0 Å². The van der Waals surface area contributed by atoms with Gasteiger partial charge in [0.15, 0.2) is 0 Å². The number of aromatic nitrogens is 3. The summed E-state index contributed by atoms with van der Waals surface area (Å²) in [5, 5.41) is 4.26. The molecule has 3 N–H and O–H groups in total. The van der Waals surface area contributed by atoms with Crippen LogP contribution in [0.5, 0.6) is 0 Å². The summed E-state index contributed by atoms with van der Waals surface area (Å²) in [6.45, 7) is 8.41. The standard InChI is InChI=1S/C13H19N5S/c1-8-5-6-15-7-9(8)10(16-14)11-12(13(2,3)4)17-18-19-11/h5-7,10,16H,14H2,1-4H3. The number of rotatable bonds is 3. The Kier molecular flexibility index (Phi) is 3.93. The van der Waals surface area contributed by atoms with Gasteiger partial charge in [-0.05, 0) is 35.6 Å². The van der Waals surface area contributed by atoms with E-state index in [0.717, 1.165) is 21.7 Å². The summed E-state index contributed by atoms with van der Waals surface area (Å²) in [7, 11) is 0. The summed E-state index contributed by atoms with van der Waals surface area (Å²) in [5.41, 5.74) is 5.98. The van der Waals surface area contributed by atoms with Gasteiger partial charge in [-0.15, -0.1) is 5.10 Å². The van der Waals surface area contributed by atoms with Crippen LogP contribution in [0, 0.1) is 6.92 Å². The van der Waals surface area contributed by atoms with Crippen LogP contribution in [0.1, 0.15) is 48.5 Å². The van der Waals surface area contributed by atoms with E-state index < -0.39 is 0 Å². The smallest absolute Gasteiger partial charge is 0.0861 e. The van der Waals surface area contributed by atoms with E-state index in [1.807, 2.05) is 19.2 Å². The van der Waals surface area contributed by atoms with Crippen LogP contribution in [0.2, 0.25) is 0 Å². The average molecular weight is 277 g/mol. The second-order valence-electron chi connectivity index (χ2n) is 5.57. The Balaban J connectivity index is 2.50. The van der Waals surface area contributed by atoms with Crippen LogP contribution in [0.3, 0.4) is 0 Å². The lowest BCUT2D eigenvalue weighted by atomic mass is 9.88. The van der Waals surface area contributed by atoms with Crippen molar-refractivity contribution in [3.63, 3.8) is 0 Å². The second kappa shape index (κ2) is 5.32. The van der Waals surface area contributed by atoms with Crippen molar-refractivity contribution >= 4 is 11.5 Å². The molecule has 1 atom stereocenters. The molecule has 0 saturated carbocycles. The molecule has 2 rings (SSSR count). The van der Waals surface area contributed by atoms with Crippen LogP contribution in [-0.4, -0.2) is 14.6 Å². The van der Waals surface area contributed by atoms with Crippen molar-refractivity contribution in [2.45, 2.75) is 39.2 Å². The van der Waals surface area contributed by atoms with Crippen molar-refractivity contribution < 1.29 is 0 Å². The van der Waals surface area contributed by atoms with Crippen molar-refractivity contribution in [2.75, 3.05) is 0 Å². The molecule has 0 saturated heterocycles. The van der Waals surface area contributed by atoms with E-state index >= 15 is 0 Å². The molecule has 2 heterocycles. The third-order valence-corrected chi connectivity index (χ3v) is 3.83. The van der Waals surface area contributed by atoms with Gasteiger partial charge in [0, 0.05) is 17.8 Å². The van der Waals surface area contributed by atoms with Crippen molar-refractivity contribution in [2.24, 2.45) is 5.84 Å². The van der Waals surface area contributed by atoms with Gasteiger partial charge in [-0.1, -0.05) is 25.3 Å². The van der Waals surface area contributed by atoms with Crippen LogP contribution in [0.4, 0.5) is 0 Å². The molecular formula is C13H19N5S. The van der Waals surface area contributed by atoms with Crippen molar-refractivity contribution in [3.8, 4) is 0 Å². The first-order valence-electron chi connectivity index (χ1n) is 6.14. The molecule has 2 aromatic rings. The molecule has 0 fully saturated rings. The summed E-state index contributed by atoms with van der Waals surface area (Å²) < 4.78 is 4.09. The monoisotopic (exact) mass is 277 g/mol. The summed E-state index contributed by atoms with van der Waals surface area (Å²) in [6.07, 6.45) is 3.62. The van der Waals surface area contributed by atoms with Gasteiger partial charge in [0.25, 0.3) is 0 Å². The number of nitrogens with two attached hydrogens (primary N) is 1. The maximum Gasteiger partial charge on any atom is 0.0861 e. The third-order valence-electron chi connectivity index (χ3n) is 3.04. The number of pyridine rings is 1. The predicted octanol–water partition coefficient (Wildman–Crippen LogP) is 2.09. The Morgan fingerprint density at radius 1 is 1.37 bits per heavy atom. The first-order valence-corrected chi connectivity index (χ1v) is 6.92. The van der Waals surface area contributed by atoms with Gasteiger partial charge >= 0.3 is 0 Å². The maximum absolute atomic E-state index is 5.75. The van der Waals surface area contributed by atoms with Crippen molar-refractivity contribution in [1.82, 2.24) is 20.0 Å². The topological polar surface area (TPSA) is 76.7 Å². The minimum Gasteiger partial charge on any atom is -0.271 e. The van der Waals surface area contributed by atoms with Crippen LogP contribution in [0.25, 0.3) is 0 Å². The lowest BCUT2D eigenvalue weighted by molar-refractivity contribution is 0.542. The largest absolute Gasteiger partial charge is 0.271 e. The molecule has 0 amide bonds. The molecule has 0 aliphatic rings. The molecule has 0 bridgehead atoms. The Morgan fingerprint density at radius 2 is 2.11 bits per heavy atom. The van der Waals surface area contributed by atoms with E-state index in [9.17, 15) is 0 Å². The zero-order valence-corrected chi connectivity index (χ0v) is 12.5. The molecule has 0 radical (unpaired) electrons. The molecule has 102 valence electrons. The Bertz CT molecular complexity index is 558. The summed E-state index contributed by atoms with van der Waals surface area (Å²) >= 11 is 1.38. The van der Waals surface area contributed by atoms with Gasteiger partial charge in [-0.3, -0.25) is 10.8 Å². The molecule has 6 heteroatoms. The first kappa shape index (κ1) is 14.0. The lowest BCUT2D eigenvalue weighted by Gasteiger charge is -2.22. The number of hydrazine groups is 1.